The smallest absolute Gasteiger partial charge is 0.120 e. The van der Waals surface area contributed by atoms with Crippen LogP contribution in [0.25, 0.3) is 0 Å². The zero-order chi connectivity index (χ0) is 17.5. The highest BCUT2D eigenvalue weighted by molar-refractivity contribution is 6.30. The predicted molar refractivity (Wildman–Crippen MR) is 111 cm³/mol. The van der Waals surface area contributed by atoms with Crippen LogP contribution in [0, 0.1) is 6.92 Å². The zero-order valence-electron chi connectivity index (χ0n) is 14.7. The minimum atomic E-state index is 0. The van der Waals surface area contributed by atoms with Gasteiger partial charge in [-0.3, -0.25) is 0 Å². The van der Waals surface area contributed by atoms with Gasteiger partial charge in [0.15, 0.2) is 0 Å². The van der Waals surface area contributed by atoms with Gasteiger partial charge in [0.1, 0.15) is 12.4 Å². The summed E-state index contributed by atoms with van der Waals surface area (Å²) in [4.78, 5) is 0. The maximum absolute atomic E-state index is 5.90. The molecule has 0 amide bonds. The molecular weight excluding hydrogens is 365 g/mol. The van der Waals surface area contributed by atoms with Gasteiger partial charge in [0.2, 0.25) is 0 Å². The number of hydrogen-bond donors (Lipinski definition) is 1. The van der Waals surface area contributed by atoms with Crippen molar-refractivity contribution in [1.29, 1.82) is 0 Å². The van der Waals surface area contributed by atoms with Crippen molar-refractivity contribution in [3.63, 3.8) is 0 Å². The van der Waals surface area contributed by atoms with Crippen molar-refractivity contribution in [2.45, 2.75) is 26.6 Å². The first-order valence-electron chi connectivity index (χ1n) is 8.41. The van der Waals surface area contributed by atoms with E-state index in [1.807, 2.05) is 36.4 Å². The molecular formula is C22H23Cl2NO. The third-order valence-corrected chi connectivity index (χ3v) is 4.25. The molecule has 1 N–H and O–H groups in total. The average Bonchev–Trinajstić information content (AvgIpc) is 2.63. The molecule has 136 valence electrons. The topological polar surface area (TPSA) is 21.3 Å². The predicted octanol–water partition coefficient (Wildman–Crippen LogP) is 5.94. The summed E-state index contributed by atoms with van der Waals surface area (Å²) < 4.78 is 5.88. The summed E-state index contributed by atoms with van der Waals surface area (Å²) in [5.74, 6) is 0.879. The highest BCUT2D eigenvalue weighted by atomic mass is 35.5. The van der Waals surface area contributed by atoms with Crippen LogP contribution in [-0.2, 0) is 19.7 Å². The van der Waals surface area contributed by atoms with Crippen LogP contribution >= 0.6 is 24.0 Å². The Hall–Kier alpha value is -2.00. The highest BCUT2D eigenvalue weighted by Gasteiger charge is 2.00. The Balaban J connectivity index is 0.00000243. The summed E-state index contributed by atoms with van der Waals surface area (Å²) in [5, 5.41) is 4.22. The molecule has 0 aromatic heterocycles. The molecule has 0 atom stereocenters. The molecule has 0 spiro atoms. The number of nitrogens with one attached hydrogen (secondary N) is 1. The molecule has 0 heterocycles. The monoisotopic (exact) mass is 387 g/mol. The molecule has 0 aliphatic carbocycles. The van der Waals surface area contributed by atoms with E-state index in [0.717, 1.165) is 29.4 Å². The fourth-order valence-electron chi connectivity index (χ4n) is 2.55. The van der Waals surface area contributed by atoms with Crippen LogP contribution < -0.4 is 10.1 Å². The quantitative estimate of drug-likeness (QED) is 0.541. The van der Waals surface area contributed by atoms with E-state index in [9.17, 15) is 0 Å². The highest BCUT2D eigenvalue weighted by Crippen LogP contribution is 2.16. The molecule has 2 nitrogen and oxygen atoms in total. The number of aryl methyl sites for hydroxylation is 1. The van der Waals surface area contributed by atoms with Gasteiger partial charge in [-0.2, -0.15) is 0 Å². The fraction of sp³-hybridized carbons (Fsp3) is 0.182. The maximum Gasteiger partial charge on any atom is 0.120 e. The summed E-state index contributed by atoms with van der Waals surface area (Å²) >= 11 is 5.90. The van der Waals surface area contributed by atoms with Crippen LogP contribution in [0.2, 0.25) is 5.02 Å². The average molecular weight is 388 g/mol. The van der Waals surface area contributed by atoms with Gasteiger partial charge >= 0.3 is 0 Å². The van der Waals surface area contributed by atoms with E-state index in [2.05, 4.69) is 48.6 Å². The minimum Gasteiger partial charge on any atom is -0.489 e. The van der Waals surface area contributed by atoms with E-state index in [0.29, 0.717) is 6.61 Å². The molecule has 0 saturated carbocycles. The molecule has 4 heteroatoms. The Morgan fingerprint density at radius 3 is 2.19 bits per heavy atom. The summed E-state index contributed by atoms with van der Waals surface area (Å²) in [6, 6.07) is 24.5. The third-order valence-electron chi connectivity index (χ3n) is 4.00. The Morgan fingerprint density at radius 1 is 0.808 bits per heavy atom. The second kappa shape index (κ2) is 10.2. The SMILES string of the molecule is Cc1ccc(CNCc2cccc(OCc3ccc(Cl)cc3)c2)cc1.Cl. The van der Waals surface area contributed by atoms with Gasteiger partial charge in [-0.1, -0.05) is 65.7 Å². The Kier molecular flexibility index (Phi) is 7.99. The summed E-state index contributed by atoms with van der Waals surface area (Å²) in [6.07, 6.45) is 0. The molecule has 3 aromatic rings. The lowest BCUT2D eigenvalue weighted by Gasteiger charge is -2.09. The number of halogens is 2. The molecule has 3 aromatic carbocycles. The lowest BCUT2D eigenvalue weighted by Crippen LogP contribution is -2.12. The molecule has 0 saturated heterocycles. The van der Waals surface area contributed by atoms with Crippen molar-refractivity contribution >= 4 is 24.0 Å². The van der Waals surface area contributed by atoms with E-state index in [1.54, 1.807) is 0 Å². The zero-order valence-corrected chi connectivity index (χ0v) is 16.3. The van der Waals surface area contributed by atoms with Crippen LogP contribution in [0.3, 0.4) is 0 Å². The molecule has 0 radical (unpaired) electrons. The van der Waals surface area contributed by atoms with Gasteiger partial charge in [0, 0.05) is 18.1 Å². The first-order chi connectivity index (χ1) is 12.2. The molecule has 0 unspecified atom stereocenters. The van der Waals surface area contributed by atoms with Crippen LogP contribution in [0.4, 0.5) is 0 Å². The van der Waals surface area contributed by atoms with Gasteiger partial charge in [-0.15, -0.1) is 12.4 Å². The maximum atomic E-state index is 5.90. The van der Waals surface area contributed by atoms with Crippen molar-refractivity contribution in [1.82, 2.24) is 5.32 Å². The lowest BCUT2D eigenvalue weighted by molar-refractivity contribution is 0.306. The van der Waals surface area contributed by atoms with Crippen LogP contribution in [0.1, 0.15) is 22.3 Å². The van der Waals surface area contributed by atoms with E-state index in [-0.39, 0.29) is 12.4 Å². The van der Waals surface area contributed by atoms with Crippen molar-refractivity contribution in [3.05, 3.63) is 100 Å². The molecule has 3 rings (SSSR count). The van der Waals surface area contributed by atoms with Crippen LogP contribution in [0.5, 0.6) is 5.75 Å². The van der Waals surface area contributed by atoms with Crippen molar-refractivity contribution in [2.75, 3.05) is 0 Å². The summed E-state index contributed by atoms with van der Waals surface area (Å²) in [6.45, 7) is 4.31. The van der Waals surface area contributed by atoms with Gasteiger partial charge in [0.05, 0.1) is 0 Å². The van der Waals surface area contributed by atoms with Crippen LogP contribution in [0.15, 0.2) is 72.8 Å². The second-order valence-electron chi connectivity index (χ2n) is 6.15. The molecule has 0 bridgehead atoms. The Morgan fingerprint density at radius 2 is 1.46 bits per heavy atom. The van der Waals surface area contributed by atoms with Crippen molar-refractivity contribution < 1.29 is 4.74 Å². The fourth-order valence-corrected chi connectivity index (χ4v) is 2.68. The molecule has 0 fully saturated rings. The van der Waals surface area contributed by atoms with E-state index >= 15 is 0 Å². The Bertz CT molecular complexity index is 801. The largest absolute Gasteiger partial charge is 0.489 e. The third kappa shape index (κ3) is 6.38. The lowest BCUT2D eigenvalue weighted by atomic mass is 10.1. The molecule has 26 heavy (non-hydrogen) atoms. The standard InChI is InChI=1S/C22H22ClNO.ClH/c1-17-5-7-18(8-6-17)14-24-15-20-3-2-4-22(13-20)25-16-19-9-11-21(23)12-10-19;/h2-13,24H,14-16H2,1H3;1H. The first kappa shape index (κ1) is 20.3. The Labute approximate surface area is 166 Å². The minimum absolute atomic E-state index is 0. The van der Waals surface area contributed by atoms with Gasteiger partial charge < -0.3 is 10.1 Å². The second-order valence-corrected chi connectivity index (χ2v) is 6.59. The molecule has 0 aliphatic rings. The number of hydrogen-bond acceptors (Lipinski definition) is 2. The van der Waals surface area contributed by atoms with Gasteiger partial charge in [-0.25, -0.2) is 0 Å². The number of ether oxygens (including phenoxy) is 1. The first-order valence-corrected chi connectivity index (χ1v) is 8.79. The van der Waals surface area contributed by atoms with E-state index in [1.165, 1.54) is 16.7 Å². The van der Waals surface area contributed by atoms with Crippen molar-refractivity contribution in [2.24, 2.45) is 0 Å². The van der Waals surface area contributed by atoms with Gasteiger partial charge in [-0.05, 0) is 47.9 Å². The normalized spacial score (nSPS) is 10.2. The van der Waals surface area contributed by atoms with E-state index < -0.39 is 0 Å². The van der Waals surface area contributed by atoms with E-state index in [4.69, 9.17) is 16.3 Å². The molecule has 0 aliphatic heterocycles. The van der Waals surface area contributed by atoms with Crippen molar-refractivity contribution in [3.8, 4) is 5.75 Å². The number of rotatable bonds is 7. The number of benzene rings is 3. The van der Waals surface area contributed by atoms with Gasteiger partial charge in [0.25, 0.3) is 0 Å². The summed E-state index contributed by atoms with van der Waals surface area (Å²) in [5.41, 5.74) is 4.89. The van der Waals surface area contributed by atoms with Crippen LogP contribution in [-0.4, -0.2) is 0 Å². The summed E-state index contributed by atoms with van der Waals surface area (Å²) in [7, 11) is 0.